The summed E-state index contributed by atoms with van der Waals surface area (Å²) in [6, 6.07) is 6.98. The van der Waals surface area contributed by atoms with Gasteiger partial charge in [-0.15, -0.1) is 10.2 Å². The summed E-state index contributed by atoms with van der Waals surface area (Å²) in [7, 11) is 0. The molecular formula is C27H32N4. The molecular weight excluding hydrogens is 380 g/mol. The fourth-order valence-electron chi connectivity index (χ4n) is 5.47. The number of fused-ring (bicyclic) bond motifs is 2. The second-order valence-electron chi connectivity index (χ2n) is 9.90. The van der Waals surface area contributed by atoms with Crippen molar-refractivity contribution in [2.75, 3.05) is 0 Å². The van der Waals surface area contributed by atoms with Gasteiger partial charge in [-0.25, -0.2) is 0 Å². The number of allylic oxidation sites excluding steroid dienone is 2. The van der Waals surface area contributed by atoms with Crippen molar-refractivity contribution >= 4 is 22.1 Å². The molecule has 1 aliphatic carbocycles. The summed E-state index contributed by atoms with van der Waals surface area (Å²) in [5, 5.41) is 9.74. The first-order valence-electron chi connectivity index (χ1n) is 11.5. The van der Waals surface area contributed by atoms with Crippen molar-refractivity contribution in [1.82, 2.24) is 19.6 Å². The van der Waals surface area contributed by atoms with Gasteiger partial charge in [0.15, 0.2) is 5.65 Å². The lowest BCUT2D eigenvalue weighted by Crippen LogP contribution is -2.09. The molecule has 0 spiro atoms. The molecule has 1 N–H and O–H groups in total. The monoisotopic (exact) mass is 412 g/mol. The summed E-state index contributed by atoms with van der Waals surface area (Å²) in [5.74, 6) is 1.81. The number of nitrogens with zero attached hydrogens (tertiary/aromatic N) is 3. The van der Waals surface area contributed by atoms with Crippen LogP contribution in [0.4, 0.5) is 0 Å². The molecule has 0 amide bonds. The van der Waals surface area contributed by atoms with Crippen LogP contribution in [0, 0.1) is 25.7 Å². The quantitative estimate of drug-likeness (QED) is 0.391. The molecule has 2 unspecified atom stereocenters. The highest BCUT2D eigenvalue weighted by Crippen LogP contribution is 2.40. The van der Waals surface area contributed by atoms with Gasteiger partial charge in [-0.05, 0) is 84.4 Å². The maximum absolute atomic E-state index is 4.29. The summed E-state index contributed by atoms with van der Waals surface area (Å²) in [5.41, 5.74) is 11.3. The number of aromatic nitrogens is 4. The number of rotatable bonds is 3. The molecule has 3 aromatic heterocycles. The summed E-state index contributed by atoms with van der Waals surface area (Å²) < 4.78 is 2.04. The maximum atomic E-state index is 4.29. The first kappa shape index (κ1) is 20.0. The van der Waals surface area contributed by atoms with Gasteiger partial charge in [0.25, 0.3) is 0 Å². The molecule has 0 aliphatic heterocycles. The topological polar surface area (TPSA) is 46.0 Å². The Hall–Kier alpha value is -2.88. The average molecular weight is 413 g/mol. The molecule has 160 valence electrons. The molecule has 0 saturated heterocycles. The van der Waals surface area contributed by atoms with Gasteiger partial charge in [0.05, 0.1) is 5.69 Å². The lowest BCUT2D eigenvalue weighted by Gasteiger charge is -2.24. The Morgan fingerprint density at radius 2 is 1.94 bits per heavy atom. The molecule has 4 heteroatoms. The smallest absolute Gasteiger partial charge is 0.163 e. The Labute approximate surface area is 184 Å². The summed E-state index contributed by atoms with van der Waals surface area (Å²) in [4.78, 5) is 3.76. The number of hydrogen-bond donors (Lipinski definition) is 1. The van der Waals surface area contributed by atoms with Crippen LogP contribution in [0.1, 0.15) is 68.7 Å². The molecule has 0 bridgehead atoms. The number of benzene rings is 1. The summed E-state index contributed by atoms with van der Waals surface area (Å²) in [6.07, 6.45) is 8.91. The Morgan fingerprint density at radius 3 is 2.68 bits per heavy atom. The van der Waals surface area contributed by atoms with Gasteiger partial charge in [0.2, 0.25) is 0 Å². The number of hydrogen-bond acceptors (Lipinski definition) is 2. The molecule has 1 aliphatic rings. The number of aryl methyl sites for hydroxylation is 1. The molecule has 0 radical (unpaired) electrons. The van der Waals surface area contributed by atoms with Crippen molar-refractivity contribution in [3.8, 4) is 11.3 Å². The van der Waals surface area contributed by atoms with Crippen molar-refractivity contribution in [2.24, 2.45) is 11.8 Å². The van der Waals surface area contributed by atoms with Crippen molar-refractivity contribution in [3.05, 3.63) is 59.1 Å². The van der Waals surface area contributed by atoms with E-state index in [1.807, 2.05) is 4.40 Å². The van der Waals surface area contributed by atoms with Crippen LogP contribution in [0.3, 0.4) is 0 Å². The van der Waals surface area contributed by atoms with Gasteiger partial charge < -0.3 is 4.98 Å². The van der Waals surface area contributed by atoms with Crippen LogP contribution < -0.4 is 0 Å². The largest absolute Gasteiger partial charge is 0.354 e. The predicted molar refractivity (Wildman–Crippen MR) is 129 cm³/mol. The van der Waals surface area contributed by atoms with E-state index in [0.29, 0.717) is 11.8 Å². The fraction of sp³-hybridized carbons (Fsp3) is 0.407. The van der Waals surface area contributed by atoms with Gasteiger partial charge in [-0.2, -0.15) is 0 Å². The van der Waals surface area contributed by atoms with Crippen LogP contribution >= 0.6 is 0 Å². The maximum Gasteiger partial charge on any atom is 0.163 e. The predicted octanol–water partition coefficient (Wildman–Crippen LogP) is 7.07. The van der Waals surface area contributed by atoms with E-state index in [1.165, 1.54) is 62.8 Å². The lowest BCUT2D eigenvalue weighted by atomic mass is 9.81. The van der Waals surface area contributed by atoms with E-state index in [1.54, 1.807) is 6.33 Å². The van der Waals surface area contributed by atoms with Crippen molar-refractivity contribution in [2.45, 2.75) is 60.3 Å². The SMILES string of the molecule is Cc1c(-c2[nH]c3ccc(C4=CC(C)CC(C)C4)cc3c2C(C)C)cn2cnnc2c1C. The van der Waals surface area contributed by atoms with Gasteiger partial charge in [-0.3, -0.25) is 4.40 Å². The van der Waals surface area contributed by atoms with Gasteiger partial charge in [-0.1, -0.05) is 39.8 Å². The molecule has 2 atom stereocenters. The molecule has 0 fully saturated rings. The highest BCUT2D eigenvalue weighted by atomic mass is 15.2. The van der Waals surface area contributed by atoms with E-state index in [4.69, 9.17) is 0 Å². The molecule has 5 rings (SSSR count). The van der Waals surface area contributed by atoms with Crippen molar-refractivity contribution in [3.63, 3.8) is 0 Å². The standard InChI is InChI=1S/C27H32N4/c1-15(2)25-22-12-20(21-10-16(3)9-17(4)11-21)7-8-24(22)29-26(25)23-13-31-14-28-30-27(31)19(6)18(23)5/h7-8,10,12-17,29H,9,11H2,1-6H3. The third-order valence-corrected chi connectivity index (χ3v) is 7.03. The van der Waals surface area contributed by atoms with E-state index in [2.05, 4.69) is 87.2 Å². The molecule has 1 aromatic carbocycles. The number of H-pyrrole nitrogens is 1. The lowest BCUT2D eigenvalue weighted by molar-refractivity contribution is 0.457. The molecule has 4 aromatic rings. The zero-order valence-corrected chi connectivity index (χ0v) is 19.5. The van der Waals surface area contributed by atoms with Crippen LogP contribution in [-0.4, -0.2) is 19.6 Å². The van der Waals surface area contributed by atoms with E-state index in [9.17, 15) is 0 Å². The third-order valence-electron chi connectivity index (χ3n) is 7.03. The fourth-order valence-corrected chi connectivity index (χ4v) is 5.47. The first-order valence-corrected chi connectivity index (χ1v) is 11.5. The minimum atomic E-state index is 0.411. The van der Waals surface area contributed by atoms with Crippen LogP contribution in [0.15, 0.2) is 36.8 Å². The van der Waals surface area contributed by atoms with Crippen LogP contribution in [0.25, 0.3) is 33.4 Å². The average Bonchev–Trinajstić information content (AvgIpc) is 3.33. The Morgan fingerprint density at radius 1 is 1.13 bits per heavy atom. The zero-order chi connectivity index (χ0) is 21.9. The Balaban J connectivity index is 1.72. The van der Waals surface area contributed by atoms with E-state index >= 15 is 0 Å². The van der Waals surface area contributed by atoms with Crippen molar-refractivity contribution in [1.29, 1.82) is 0 Å². The van der Waals surface area contributed by atoms with E-state index in [-0.39, 0.29) is 0 Å². The highest BCUT2D eigenvalue weighted by molar-refractivity contribution is 5.94. The Kier molecular flexibility index (Phi) is 4.76. The van der Waals surface area contributed by atoms with Crippen LogP contribution in [-0.2, 0) is 0 Å². The van der Waals surface area contributed by atoms with E-state index in [0.717, 1.165) is 11.6 Å². The van der Waals surface area contributed by atoms with E-state index < -0.39 is 0 Å². The van der Waals surface area contributed by atoms with Crippen molar-refractivity contribution < 1.29 is 0 Å². The second kappa shape index (κ2) is 7.37. The minimum absolute atomic E-state index is 0.411. The normalized spacial score (nSPS) is 19.5. The molecule has 4 nitrogen and oxygen atoms in total. The van der Waals surface area contributed by atoms with Gasteiger partial charge >= 0.3 is 0 Å². The first-order chi connectivity index (χ1) is 14.8. The minimum Gasteiger partial charge on any atom is -0.354 e. The summed E-state index contributed by atoms with van der Waals surface area (Å²) >= 11 is 0. The van der Waals surface area contributed by atoms with Gasteiger partial charge in [0, 0.05) is 22.7 Å². The number of nitrogens with one attached hydrogen (secondary N) is 1. The molecule has 0 saturated carbocycles. The van der Waals surface area contributed by atoms with Crippen LogP contribution in [0.5, 0.6) is 0 Å². The zero-order valence-electron chi connectivity index (χ0n) is 19.5. The Bertz CT molecular complexity index is 1320. The van der Waals surface area contributed by atoms with Gasteiger partial charge in [0.1, 0.15) is 6.33 Å². The highest BCUT2D eigenvalue weighted by Gasteiger charge is 2.22. The molecule has 3 heterocycles. The summed E-state index contributed by atoms with van der Waals surface area (Å²) in [6.45, 7) is 13.6. The molecule has 31 heavy (non-hydrogen) atoms. The van der Waals surface area contributed by atoms with Crippen LogP contribution in [0.2, 0.25) is 0 Å². The second-order valence-corrected chi connectivity index (χ2v) is 9.90. The number of pyridine rings is 1. The number of aromatic amines is 1. The third kappa shape index (κ3) is 3.29.